The third-order valence-electron chi connectivity index (χ3n) is 6.43. The van der Waals surface area contributed by atoms with E-state index in [1.165, 1.54) is 77.0 Å². The van der Waals surface area contributed by atoms with E-state index in [2.05, 4.69) is 19.9 Å². The summed E-state index contributed by atoms with van der Waals surface area (Å²) in [5, 5.41) is 0. The molecule has 0 aromatic heterocycles. The van der Waals surface area contributed by atoms with E-state index in [4.69, 9.17) is 4.74 Å². The molecule has 0 N–H and O–H groups in total. The predicted molar refractivity (Wildman–Crippen MR) is 100 cm³/mol. The highest BCUT2D eigenvalue weighted by molar-refractivity contribution is 4.82. The van der Waals surface area contributed by atoms with Gasteiger partial charge in [0.2, 0.25) is 0 Å². The van der Waals surface area contributed by atoms with E-state index < -0.39 is 0 Å². The van der Waals surface area contributed by atoms with Gasteiger partial charge in [-0.1, -0.05) is 58.4 Å². The van der Waals surface area contributed by atoms with Gasteiger partial charge in [0.05, 0.1) is 12.9 Å². The number of hydrogen-bond donors (Lipinski definition) is 0. The first-order valence-corrected chi connectivity index (χ1v) is 10.6. The first kappa shape index (κ1) is 18.9. The molecule has 2 aliphatic rings. The Hall–Kier alpha value is -0.460. The van der Waals surface area contributed by atoms with Crippen LogP contribution >= 0.6 is 0 Å². The predicted octanol–water partition coefficient (Wildman–Crippen LogP) is 7.12. The standard InChI is InChI=1S/C22H40O/c1-3-5-7-8-19-9-13-21(14-10-19)22-15-11-20(12-16-22)18-23-17-6-4-2/h6,17,19-22H,3-5,7-16,18H2,1-2H3/b17-6-/t19-,20?,21-,22?. The third kappa shape index (κ3) is 6.89. The Morgan fingerprint density at radius 1 is 0.783 bits per heavy atom. The highest BCUT2D eigenvalue weighted by atomic mass is 16.5. The number of unbranched alkanes of at least 4 members (excludes halogenated alkanes) is 2. The molecule has 0 radical (unpaired) electrons. The largest absolute Gasteiger partial charge is 0.501 e. The fourth-order valence-corrected chi connectivity index (χ4v) is 4.81. The van der Waals surface area contributed by atoms with E-state index in [-0.39, 0.29) is 0 Å². The number of hydrogen-bond acceptors (Lipinski definition) is 1. The quantitative estimate of drug-likeness (QED) is 0.324. The highest BCUT2D eigenvalue weighted by Crippen LogP contribution is 2.42. The summed E-state index contributed by atoms with van der Waals surface area (Å²) in [5.74, 6) is 3.97. The van der Waals surface area contributed by atoms with Gasteiger partial charge in [0.15, 0.2) is 0 Å². The van der Waals surface area contributed by atoms with Gasteiger partial charge in [0.1, 0.15) is 0 Å². The van der Waals surface area contributed by atoms with Crippen molar-refractivity contribution in [2.24, 2.45) is 23.7 Å². The van der Waals surface area contributed by atoms with Crippen molar-refractivity contribution in [3.05, 3.63) is 12.3 Å². The van der Waals surface area contributed by atoms with Crippen molar-refractivity contribution in [2.75, 3.05) is 6.61 Å². The molecule has 0 amide bonds. The zero-order valence-corrected chi connectivity index (χ0v) is 15.8. The summed E-state index contributed by atoms with van der Waals surface area (Å²) in [4.78, 5) is 0. The molecule has 1 heteroatoms. The van der Waals surface area contributed by atoms with Crippen LogP contribution in [0.5, 0.6) is 0 Å². The Balaban J connectivity index is 1.58. The van der Waals surface area contributed by atoms with Crippen molar-refractivity contribution in [3.8, 4) is 0 Å². The van der Waals surface area contributed by atoms with E-state index in [1.807, 2.05) is 6.26 Å². The molecule has 0 aliphatic heterocycles. The second kappa shape index (κ2) is 11.2. The van der Waals surface area contributed by atoms with Gasteiger partial charge in [-0.2, -0.15) is 0 Å². The molecule has 0 bridgehead atoms. The van der Waals surface area contributed by atoms with E-state index in [0.29, 0.717) is 0 Å². The lowest BCUT2D eigenvalue weighted by Gasteiger charge is -2.37. The van der Waals surface area contributed by atoms with E-state index in [0.717, 1.165) is 36.7 Å². The molecule has 0 unspecified atom stereocenters. The molecule has 0 saturated heterocycles. The summed E-state index contributed by atoms with van der Waals surface area (Å²) < 4.78 is 5.67. The molecule has 0 heterocycles. The molecule has 0 aromatic rings. The van der Waals surface area contributed by atoms with Crippen LogP contribution in [0.1, 0.15) is 97.3 Å². The van der Waals surface area contributed by atoms with E-state index in [9.17, 15) is 0 Å². The first-order chi connectivity index (χ1) is 11.3. The fourth-order valence-electron chi connectivity index (χ4n) is 4.81. The lowest BCUT2D eigenvalue weighted by Crippen LogP contribution is -2.27. The topological polar surface area (TPSA) is 9.23 Å². The Labute approximate surface area is 145 Å². The molecule has 0 atom stereocenters. The summed E-state index contributed by atoms with van der Waals surface area (Å²) in [6.07, 6.45) is 22.8. The van der Waals surface area contributed by atoms with Crippen molar-refractivity contribution in [2.45, 2.75) is 97.3 Å². The van der Waals surface area contributed by atoms with Crippen LogP contribution in [0.25, 0.3) is 0 Å². The smallest absolute Gasteiger partial charge is 0.0901 e. The van der Waals surface area contributed by atoms with Crippen LogP contribution in [0, 0.1) is 23.7 Å². The molecule has 2 fully saturated rings. The van der Waals surface area contributed by atoms with Crippen LogP contribution in [0.2, 0.25) is 0 Å². The Morgan fingerprint density at radius 3 is 1.96 bits per heavy atom. The Kier molecular flexibility index (Phi) is 9.15. The highest BCUT2D eigenvalue weighted by Gasteiger charge is 2.30. The molecule has 0 spiro atoms. The summed E-state index contributed by atoms with van der Waals surface area (Å²) in [6.45, 7) is 5.43. The average Bonchev–Trinajstić information content (AvgIpc) is 2.60. The molecule has 23 heavy (non-hydrogen) atoms. The monoisotopic (exact) mass is 320 g/mol. The van der Waals surface area contributed by atoms with Crippen LogP contribution < -0.4 is 0 Å². The van der Waals surface area contributed by atoms with Crippen LogP contribution in [0.3, 0.4) is 0 Å². The fraction of sp³-hybridized carbons (Fsp3) is 0.909. The molecule has 134 valence electrons. The molecule has 2 rings (SSSR count). The van der Waals surface area contributed by atoms with Crippen molar-refractivity contribution in [1.29, 1.82) is 0 Å². The molecular formula is C22H40O. The summed E-state index contributed by atoms with van der Waals surface area (Å²) in [6, 6.07) is 0. The van der Waals surface area contributed by atoms with Crippen molar-refractivity contribution in [1.82, 2.24) is 0 Å². The average molecular weight is 321 g/mol. The van der Waals surface area contributed by atoms with Crippen LogP contribution in [0.4, 0.5) is 0 Å². The van der Waals surface area contributed by atoms with Gasteiger partial charge < -0.3 is 4.74 Å². The maximum absolute atomic E-state index is 5.67. The summed E-state index contributed by atoms with van der Waals surface area (Å²) in [5.41, 5.74) is 0. The normalized spacial score (nSPS) is 32.3. The van der Waals surface area contributed by atoms with Crippen molar-refractivity contribution >= 4 is 0 Å². The molecule has 1 nitrogen and oxygen atoms in total. The van der Waals surface area contributed by atoms with Crippen molar-refractivity contribution < 1.29 is 4.74 Å². The minimum Gasteiger partial charge on any atom is -0.501 e. The number of allylic oxidation sites excluding steroid dienone is 1. The zero-order valence-electron chi connectivity index (χ0n) is 15.8. The van der Waals surface area contributed by atoms with Gasteiger partial charge in [-0.05, 0) is 68.6 Å². The van der Waals surface area contributed by atoms with Crippen LogP contribution in [-0.2, 0) is 4.74 Å². The lowest BCUT2D eigenvalue weighted by molar-refractivity contribution is 0.108. The van der Waals surface area contributed by atoms with Crippen LogP contribution in [0.15, 0.2) is 12.3 Å². The minimum absolute atomic E-state index is 0.818. The summed E-state index contributed by atoms with van der Waals surface area (Å²) >= 11 is 0. The molecular weight excluding hydrogens is 280 g/mol. The van der Waals surface area contributed by atoms with Gasteiger partial charge >= 0.3 is 0 Å². The first-order valence-electron chi connectivity index (χ1n) is 10.6. The molecule has 2 aliphatic carbocycles. The van der Waals surface area contributed by atoms with Crippen molar-refractivity contribution in [3.63, 3.8) is 0 Å². The number of ether oxygens (including phenoxy) is 1. The van der Waals surface area contributed by atoms with Gasteiger partial charge in [0, 0.05) is 0 Å². The SMILES string of the molecule is CC/C=C\OCC1CCC([C@H]2CC[C@H](CCCCC)CC2)CC1. The zero-order chi connectivity index (χ0) is 16.3. The van der Waals surface area contributed by atoms with E-state index in [1.54, 1.807) is 0 Å². The Morgan fingerprint density at radius 2 is 1.39 bits per heavy atom. The second-order valence-corrected chi connectivity index (χ2v) is 8.17. The minimum atomic E-state index is 0.818. The second-order valence-electron chi connectivity index (χ2n) is 8.17. The summed E-state index contributed by atoms with van der Waals surface area (Å²) in [7, 11) is 0. The van der Waals surface area contributed by atoms with Gasteiger partial charge in [-0.3, -0.25) is 0 Å². The lowest BCUT2D eigenvalue weighted by atomic mass is 9.69. The number of rotatable bonds is 9. The van der Waals surface area contributed by atoms with Gasteiger partial charge in [-0.25, -0.2) is 0 Å². The van der Waals surface area contributed by atoms with Gasteiger partial charge in [-0.15, -0.1) is 0 Å². The van der Waals surface area contributed by atoms with Gasteiger partial charge in [0.25, 0.3) is 0 Å². The molecule has 2 saturated carbocycles. The maximum Gasteiger partial charge on any atom is 0.0901 e. The third-order valence-corrected chi connectivity index (χ3v) is 6.43. The van der Waals surface area contributed by atoms with E-state index >= 15 is 0 Å². The Bertz CT molecular complexity index is 306. The maximum atomic E-state index is 5.67. The molecule has 0 aromatic carbocycles. The van der Waals surface area contributed by atoms with Crippen LogP contribution in [-0.4, -0.2) is 6.61 Å².